The van der Waals surface area contributed by atoms with Gasteiger partial charge in [0.25, 0.3) is 0 Å². The molecule has 2 amide bonds. The maximum absolute atomic E-state index is 13.5. The van der Waals surface area contributed by atoms with Gasteiger partial charge in [-0.25, -0.2) is 4.79 Å². The maximum Gasteiger partial charge on any atom is 0.317 e. The van der Waals surface area contributed by atoms with E-state index in [0.29, 0.717) is 50.0 Å². The zero-order chi connectivity index (χ0) is 35.3. The summed E-state index contributed by atoms with van der Waals surface area (Å²) in [5.74, 6) is 0.880. The topological polar surface area (TPSA) is 105 Å². The number of hydrogen-bond donors (Lipinski definition) is 2. The van der Waals surface area contributed by atoms with Crippen molar-refractivity contribution in [3.63, 3.8) is 0 Å². The molecular formula is C40H66N2O6. The molecule has 1 saturated heterocycles. The molecule has 0 aromatic rings. The van der Waals surface area contributed by atoms with Gasteiger partial charge in [0, 0.05) is 24.0 Å². The van der Waals surface area contributed by atoms with Gasteiger partial charge in [-0.2, -0.15) is 0 Å². The number of allylic oxidation sites excluding steroid dienone is 1. The summed E-state index contributed by atoms with van der Waals surface area (Å²) < 4.78 is 11.7. The van der Waals surface area contributed by atoms with Crippen molar-refractivity contribution in [2.75, 3.05) is 26.3 Å². The van der Waals surface area contributed by atoms with Crippen LogP contribution in [0.4, 0.5) is 4.79 Å². The molecule has 5 aliphatic carbocycles. The van der Waals surface area contributed by atoms with E-state index in [1.54, 1.807) is 19.9 Å². The standard InChI is InChI=1S/C37H60N2O6.C3H6/c1-32(2,30(41)42)23-29(40)45-28-13-15-34(5)26(33(28,3)4)12-16-36(7)27(34)11-10-24-25-9-8-14-37(25,18-17-35(24,36)6)38-31(43)39-19-21-44-22-20-39;1-3-2/h24-28H,8-23H2,1-7H3,(H,38,43)(H,41,42);3H,1H2,2H3/t24?,25?,26?,27?,28?,34?,35-,36?,37?;/m1./s1. The average Bonchev–Trinajstić information content (AvgIpc) is 3.43. The van der Waals surface area contributed by atoms with Crippen LogP contribution in [0.1, 0.15) is 132 Å². The van der Waals surface area contributed by atoms with Gasteiger partial charge in [0.2, 0.25) is 0 Å². The molecule has 6 rings (SSSR count). The minimum Gasteiger partial charge on any atom is -0.481 e. The summed E-state index contributed by atoms with van der Waals surface area (Å²) in [6.07, 6.45) is 13.9. The third kappa shape index (κ3) is 6.02. The molecule has 272 valence electrons. The largest absolute Gasteiger partial charge is 0.481 e. The summed E-state index contributed by atoms with van der Waals surface area (Å²) in [5, 5.41) is 13.2. The van der Waals surface area contributed by atoms with E-state index in [1.807, 2.05) is 11.8 Å². The molecule has 2 N–H and O–H groups in total. The Balaban J connectivity index is 0.00000145. The number of hydrogen-bond acceptors (Lipinski definition) is 5. The second-order valence-electron chi connectivity index (χ2n) is 18.5. The molecule has 0 aromatic carbocycles. The van der Waals surface area contributed by atoms with Crippen LogP contribution in [0.5, 0.6) is 0 Å². The number of morpholine rings is 1. The Morgan fingerprint density at radius 3 is 2.21 bits per heavy atom. The van der Waals surface area contributed by atoms with Crippen molar-refractivity contribution >= 4 is 18.0 Å². The molecule has 9 atom stereocenters. The first-order valence-electron chi connectivity index (χ1n) is 19.1. The van der Waals surface area contributed by atoms with Gasteiger partial charge in [-0.15, -0.1) is 6.58 Å². The molecule has 5 saturated carbocycles. The van der Waals surface area contributed by atoms with Crippen LogP contribution in [0.3, 0.4) is 0 Å². The summed E-state index contributed by atoms with van der Waals surface area (Å²) >= 11 is 0. The van der Waals surface area contributed by atoms with Gasteiger partial charge in [-0.1, -0.05) is 47.1 Å². The van der Waals surface area contributed by atoms with Crippen LogP contribution in [-0.2, 0) is 19.1 Å². The van der Waals surface area contributed by atoms with Crippen molar-refractivity contribution in [3.8, 4) is 0 Å². The summed E-state index contributed by atoms with van der Waals surface area (Å²) in [5.41, 5.74) is -0.734. The van der Waals surface area contributed by atoms with Gasteiger partial charge in [0.1, 0.15) is 6.10 Å². The number of rotatable bonds is 5. The Kier molecular flexibility index (Phi) is 10.2. The van der Waals surface area contributed by atoms with Gasteiger partial charge in [-0.3, -0.25) is 9.59 Å². The number of urea groups is 1. The van der Waals surface area contributed by atoms with Gasteiger partial charge >= 0.3 is 18.0 Å². The molecule has 6 aliphatic rings. The zero-order valence-corrected chi connectivity index (χ0v) is 31.4. The lowest BCUT2D eigenvalue weighted by molar-refractivity contribution is -0.244. The van der Waals surface area contributed by atoms with Crippen molar-refractivity contribution in [1.82, 2.24) is 10.2 Å². The molecule has 0 aromatic heterocycles. The number of nitrogens with one attached hydrogen (secondary N) is 1. The second kappa shape index (κ2) is 13.2. The molecule has 8 heteroatoms. The SMILES string of the molecule is C=CC.CC(C)(CC(=O)OC1CCC2(C)C(CCC3(C)C2CCC2C4CCCC4(NC(=O)N4CCOCC4)CC[C@]23C)C1(C)C)C(=O)O. The number of carbonyl (C=O) groups excluding carboxylic acids is 2. The summed E-state index contributed by atoms with van der Waals surface area (Å²) in [6, 6.07) is 0.118. The summed E-state index contributed by atoms with van der Waals surface area (Å²) in [6.45, 7) is 23.5. The van der Waals surface area contributed by atoms with E-state index in [-0.39, 0.29) is 51.7 Å². The number of carbonyl (C=O) groups is 3. The van der Waals surface area contributed by atoms with E-state index >= 15 is 0 Å². The highest BCUT2D eigenvalue weighted by atomic mass is 16.5. The Hall–Kier alpha value is -2.09. The second-order valence-corrected chi connectivity index (χ2v) is 18.5. The van der Waals surface area contributed by atoms with Crippen molar-refractivity contribution in [1.29, 1.82) is 0 Å². The fourth-order valence-electron chi connectivity index (χ4n) is 12.7. The lowest BCUT2D eigenvalue weighted by atomic mass is 9.33. The van der Waals surface area contributed by atoms with Crippen LogP contribution in [0.15, 0.2) is 12.7 Å². The first-order chi connectivity index (χ1) is 22.4. The average molecular weight is 671 g/mol. The van der Waals surface area contributed by atoms with Crippen LogP contribution in [0.2, 0.25) is 0 Å². The van der Waals surface area contributed by atoms with Crippen molar-refractivity contribution in [3.05, 3.63) is 12.7 Å². The van der Waals surface area contributed by atoms with E-state index in [2.05, 4.69) is 46.5 Å². The number of fused-ring (bicyclic) bond motifs is 7. The van der Waals surface area contributed by atoms with Crippen LogP contribution in [0, 0.1) is 50.7 Å². The van der Waals surface area contributed by atoms with Gasteiger partial charge in [-0.05, 0) is 125 Å². The quantitative estimate of drug-likeness (QED) is 0.226. The highest BCUT2D eigenvalue weighted by Gasteiger charge is 2.70. The minimum absolute atomic E-state index is 0.0665. The van der Waals surface area contributed by atoms with Gasteiger partial charge < -0.3 is 24.8 Å². The van der Waals surface area contributed by atoms with Crippen molar-refractivity contribution < 1.29 is 29.0 Å². The molecule has 1 aliphatic heterocycles. The first kappa shape index (κ1) is 37.2. The fourth-order valence-corrected chi connectivity index (χ4v) is 12.7. The normalized spacial score (nSPS) is 41.6. The van der Waals surface area contributed by atoms with Crippen LogP contribution in [-0.4, -0.2) is 65.9 Å². The molecule has 0 spiro atoms. The predicted molar refractivity (Wildman–Crippen MR) is 188 cm³/mol. The number of carboxylic acid groups (broad SMARTS) is 1. The maximum atomic E-state index is 13.5. The smallest absolute Gasteiger partial charge is 0.317 e. The third-order valence-electron chi connectivity index (χ3n) is 15.4. The number of amides is 2. The fraction of sp³-hybridized carbons (Fsp3) is 0.875. The van der Waals surface area contributed by atoms with Gasteiger partial charge in [0.15, 0.2) is 0 Å². The Bertz CT molecular complexity index is 1240. The third-order valence-corrected chi connectivity index (χ3v) is 15.4. The number of carboxylic acids is 1. The first-order valence-corrected chi connectivity index (χ1v) is 19.1. The molecule has 48 heavy (non-hydrogen) atoms. The zero-order valence-electron chi connectivity index (χ0n) is 31.4. The Morgan fingerprint density at radius 1 is 0.896 bits per heavy atom. The van der Waals surface area contributed by atoms with Crippen molar-refractivity contribution in [2.24, 2.45) is 50.7 Å². The lowest BCUT2D eigenvalue weighted by Crippen LogP contribution is -2.69. The molecule has 8 nitrogen and oxygen atoms in total. The number of aliphatic carboxylic acids is 1. The molecule has 0 bridgehead atoms. The van der Waals surface area contributed by atoms with E-state index in [1.165, 1.54) is 38.5 Å². The monoisotopic (exact) mass is 670 g/mol. The van der Waals surface area contributed by atoms with Crippen LogP contribution in [0.25, 0.3) is 0 Å². The summed E-state index contributed by atoms with van der Waals surface area (Å²) in [7, 11) is 0. The molecular weight excluding hydrogens is 604 g/mol. The van der Waals surface area contributed by atoms with E-state index in [4.69, 9.17) is 9.47 Å². The molecule has 8 unspecified atom stereocenters. The molecule has 6 fully saturated rings. The van der Waals surface area contributed by atoms with Crippen LogP contribution < -0.4 is 5.32 Å². The minimum atomic E-state index is -1.13. The highest BCUT2D eigenvalue weighted by molar-refractivity contribution is 5.81. The summed E-state index contributed by atoms with van der Waals surface area (Å²) in [4.78, 5) is 40.1. The van der Waals surface area contributed by atoms with Crippen molar-refractivity contribution in [2.45, 2.75) is 144 Å². The lowest BCUT2D eigenvalue weighted by Gasteiger charge is -2.72. The number of ether oxygens (including phenoxy) is 2. The highest BCUT2D eigenvalue weighted by Crippen LogP contribution is 2.76. The predicted octanol–water partition coefficient (Wildman–Crippen LogP) is 8.24. The van der Waals surface area contributed by atoms with Gasteiger partial charge in [0.05, 0.1) is 25.0 Å². The number of esters is 1. The van der Waals surface area contributed by atoms with E-state index < -0.39 is 11.4 Å². The van der Waals surface area contributed by atoms with Crippen LogP contribution >= 0.6 is 0 Å². The number of nitrogens with zero attached hydrogens (tertiary/aromatic N) is 1. The van der Waals surface area contributed by atoms with E-state index in [0.717, 1.165) is 32.1 Å². The van der Waals surface area contributed by atoms with E-state index in [9.17, 15) is 19.5 Å². The Labute approximate surface area is 290 Å². The Morgan fingerprint density at radius 2 is 1.56 bits per heavy atom. The molecule has 0 radical (unpaired) electrons. The molecule has 1 heterocycles.